The summed E-state index contributed by atoms with van der Waals surface area (Å²) in [7, 11) is 0. The van der Waals surface area contributed by atoms with Crippen LogP contribution in [-0.2, 0) is 25.2 Å². The van der Waals surface area contributed by atoms with Gasteiger partial charge in [-0.15, -0.1) is 0 Å². The predicted molar refractivity (Wildman–Crippen MR) is 125 cm³/mol. The Morgan fingerprint density at radius 3 is 1.47 bits per heavy atom. The molecule has 6 nitrogen and oxygen atoms in total. The Morgan fingerprint density at radius 1 is 0.632 bits per heavy atom. The van der Waals surface area contributed by atoms with E-state index in [2.05, 4.69) is 0 Å². The van der Waals surface area contributed by atoms with Crippen LogP contribution in [0.25, 0.3) is 0 Å². The van der Waals surface area contributed by atoms with E-state index in [4.69, 9.17) is 5.11 Å². The van der Waals surface area contributed by atoms with Crippen LogP contribution in [0.1, 0.15) is 35.6 Å². The molecule has 2 rings (SSSR count). The molecular formula is C26H32F6O6. The summed E-state index contributed by atoms with van der Waals surface area (Å²) in [6, 6.07) is 8.61. The number of aliphatic hydroxyl groups excluding tert-OH is 6. The maximum atomic E-state index is 12.9. The molecule has 0 saturated carbocycles. The van der Waals surface area contributed by atoms with Crippen LogP contribution in [-0.4, -0.2) is 67.8 Å². The van der Waals surface area contributed by atoms with Gasteiger partial charge in [-0.05, 0) is 66.5 Å². The molecule has 0 aliphatic carbocycles. The third-order valence-corrected chi connectivity index (χ3v) is 6.72. The molecule has 0 aliphatic rings. The Morgan fingerprint density at radius 2 is 1.05 bits per heavy atom. The SMILES string of the molecule is CC(CCc1ccc(C(F)(F)F)cc1)C(Cc1ccc(C(F)(F)F)cc1)C(O)[C@@H](O)[C@@H](O)[C@H](O)[C@@H](O)CO. The van der Waals surface area contributed by atoms with Crippen LogP contribution in [0.4, 0.5) is 26.3 Å². The molecule has 0 aliphatic heterocycles. The van der Waals surface area contributed by atoms with Crippen LogP contribution in [0.3, 0.4) is 0 Å². The van der Waals surface area contributed by atoms with Crippen LogP contribution in [0, 0.1) is 11.8 Å². The van der Waals surface area contributed by atoms with E-state index in [9.17, 15) is 51.9 Å². The number of rotatable bonds is 12. The van der Waals surface area contributed by atoms with Crippen molar-refractivity contribution in [1.29, 1.82) is 0 Å². The molecule has 12 heteroatoms. The van der Waals surface area contributed by atoms with E-state index in [1.54, 1.807) is 6.92 Å². The maximum absolute atomic E-state index is 12.9. The largest absolute Gasteiger partial charge is 0.416 e. The first kappa shape index (κ1) is 32.0. The first-order valence-corrected chi connectivity index (χ1v) is 11.9. The number of aryl methyl sites for hydroxylation is 1. The average molecular weight is 555 g/mol. The monoisotopic (exact) mass is 554 g/mol. The van der Waals surface area contributed by atoms with Crippen molar-refractivity contribution in [1.82, 2.24) is 0 Å². The molecule has 6 N–H and O–H groups in total. The normalized spacial score (nSPS) is 18.3. The molecule has 0 heterocycles. The summed E-state index contributed by atoms with van der Waals surface area (Å²) < 4.78 is 77.2. The van der Waals surface area contributed by atoms with Gasteiger partial charge in [0.1, 0.15) is 24.4 Å². The highest BCUT2D eigenvalue weighted by Crippen LogP contribution is 2.33. The molecule has 2 aromatic carbocycles. The van der Waals surface area contributed by atoms with Crippen LogP contribution in [0.15, 0.2) is 48.5 Å². The van der Waals surface area contributed by atoms with E-state index in [-0.39, 0.29) is 12.8 Å². The van der Waals surface area contributed by atoms with Crippen molar-refractivity contribution >= 4 is 0 Å². The molecular weight excluding hydrogens is 522 g/mol. The molecule has 0 aromatic heterocycles. The number of hydrogen-bond donors (Lipinski definition) is 6. The van der Waals surface area contributed by atoms with Crippen molar-refractivity contribution in [2.75, 3.05) is 6.61 Å². The maximum Gasteiger partial charge on any atom is 0.416 e. The van der Waals surface area contributed by atoms with Gasteiger partial charge >= 0.3 is 12.4 Å². The summed E-state index contributed by atoms with van der Waals surface area (Å²) in [6.07, 6.45) is -18.1. The van der Waals surface area contributed by atoms with Gasteiger partial charge in [-0.1, -0.05) is 31.2 Å². The zero-order valence-corrected chi connectivity index (χ0v) is 20.4. The molecule has 0 amide bonds. The lowest BCUT2D eigenvalue weighted by Gasteiger charge is -2.35. The number of aliphatic hydroxyl groups is 6. The van der Waals surface area contributed by atoms with Gasteiger partial charge in [0.2, 0.25) is 0 Å². The minimum absolute atomic E-state index is 0.0457. The Balaban J connectivity index is 2.24. The molecule has 38 heavy (non-hydrogen) atoms. The van der Waals surface area contributed by atoms with E-state index in [1.165, 1.54) is 24.3 Å². The summed E-state index contributed by atoms with van der Waals surface area (Å²) >= 11 is 0. The fourth-order valence-electron chi connectivity index (χ4n) is 4.22. The highest BCUT2D eigenvalue weighted by molar-refractivity contribution is 5.26. The van der Waals surface area contributed by atoms with Crippen molar-refractivity contribution in [3.05, 3.63) is 70.8 Å². The highest BCUT2D eigenvalue weighted by Gasteiger charge is 2.39. The van der Waals surface area contributed by atoms with Gasteiger partial charge in [-0.25, -0.2) is 0 Å². The zero-order chi connectivity index (χ0) is 28.8. The second-order valence-corrected chi connectivity index (χ2v) is 9.49. The minimum atomic E-state index is -4.56. The smallest absolute Gasteiger partial charge is 0.394 e. The summed E-state index contributed by atoms with van der Waals surface area (Å²) in [5, 5.41) is 60.2. The van der Waals surface area contributed by atoms with Gasteiger partial charge < -0.3 is 30.6 Å². The third-order valence-electron chi connectivity index (χ3n) is 6.72. The molecule has 0 bridgehead atoms. The summed E-state index contributed by atoms with van der Waals surface area (Å²) in [4.78, 5) is 0. The predicted octanol–water partition coefficient (Wildman–Crippen LogP) is 2.95. The van der Waals surface area contributed by atoms with Crippen molar-refractivity contribution < 1.29 is 57.0 Å². The van der Waals surface area contributed by atoms with Gasteiger partial charge in [0.25, 0.3) is 0 Å². The lowest BCUT2D eigenvalue weighted by atomic mass is 9.77. The fourth-order valence-corrected chi connectivity index (χ4v) is 4.22. The Bertz CT molecular complexity index is 980. The van der Waals surface area contributed by atoms with E-state index in [0.717, 1.165) is 24.3 Å². The standard InChI is InChI=1S/C26H32F6O6/c1-14(2-3-15-4-8-17(9-5-15)25(27,28)29)19(12-16-6-10-18(11-7-16)26(30,31)32)21(35)23(37)24(38)22(36)20(34)13-33/h4-11,14,19-24,33-38H,2-3,12-13H2,1H3/t14?,19?,20-,21?,22+,23+,24-/m0/s1. The lowest BCUT2D eigenvalue weighted by molar-refractivity contribution is -0.152. The fraction of sp³-hybridized carbons (Fsp3) is 0.538. The highest BCUT2D eigenvalue weighted by atomic mass is 19.4. The van der Waals surface area contributed by atoms with Gasteiger partial charge in [0, 0.05) is 0 Å². The number of halogens is 6. The molecule has 3 unspecified atom stereocenters. The molecule has 7 atom stereocenters. The second-order valence-electron chi connectivity index (χ2n) is 9.49. The molecule has 0 saturated heterocycles. The zero-order valence-electron chi connectivity index (χ0n) is 20.4. The van der Waals surface area contributed by atoms with E-state index in [1.807, 2.05) is 0 Å². The van der Waals surface area contributed by atoms with E-state index < -0.39 is 72.4 Å². The number of benzene rings is 2. The van der Waals surface area contributed by atoms with Gasteiger partial charge in [0.15, 0.2) is 0 Å². The topological polar surface area (TPSA) is 121 Å². The van der Waals surface area contributed by atoms with Crippen molar-refractivity contribution in [3.8, 4) is 0 Å². The quantitative estimate of drug-likeness (QED) is 0.225. The molecule has 2 aromatic rings. The van der Waals surface area contributed by atoms with Crippen molar-refractivity contribution in [2.45, 2.75) is 69.1 Å². The molecule has 0 spiro atoms. The van der Waals surface area contributed by atoms with Gasteiger partial charge in [0.05, 0.1) is 23.8 Å². The van der Waals surface area contributed by atoms with Gasteiger partial charge in [-0.2, -0.15) is 26.3 Å². The number of alkyl halides is 6. The van der Waals surface area contributed by atoms with Crippen LogP contribution in [0.2, 0.25) is 0 Å². The van der Waals surface area contributed by atoms with Crippen LogP contribution >= 0.6 is 0 Å². The Labute approximate surface area is 215 Å². The molecule has 0 radical (unpaired) electrons. The lowest BCUT2D eigenvalue weighted by Crippen LogP contribution is -2.52. The minimum Gasteiger partial charge on any atom is -0.394 e. The number of hydrogen-bond acceptors (Lipinski definition) is 6. The second kappa shape index (κ2) is 13.2. The van der Waals surface area contributed by atoms with Crippen molar-refractivity contribution in [2.24, 2.45) is 11.8 Å². The molecule has 0 fully saturated rings. The summed E-state index contributed by atoms with van der Waals surface area (Å²) in [5.74, 6) is -1.36. The Hall–Kier alpha value is -2.22. The van der Waals surface area contributed by atoms with Crippen molar-refractivity contribution in [3.63, 3.8) is 0 Å². The summed E-state index contributed by atoms with van der Waals surface area (Å²) in [6.45, 7) is 0.736. The first-order chi connectivity index (χ1) is 17.6. The van der Waals surface area contributed by atoms with Crippen LogP contribution in [0.5, 0.6) is 0 Å². The van der Waals surface area contributed by atoms with E-state index >= 15 is 0 Å². The van der Waals surface area contributed by atoms with Gasteiger partial charge in [-0.3, -0.25) is 0 Å². The summed E-state index contributed by atoms with van der Waals surface area (Å²) in [5.41, 5.74) is -0.758. The first-order valence-electron chi connectivity index (χ1n) is 11.9. The molecule has 214 valence electrons. The van der Waals surface area contributed by atoms with Crippen LogP contribution < -0.4 is 0 Å². The third kappa shape index (κ3) is 8.65. The average Bonchev–Trinajstić information content (AvgIpc) is 2.87. The van der Waals surface area contributed by atoms with E-state index in [0.29, 0.717) is 17.5 Å². The Kier molecular flexibility index (Phi) is 11.1.